The summed E-state index contributed by atoms with van der Waals surface area (Å²) in [6.45, 7) is 0. The molecule has 0 bridgehead atoms. The lowest BCUT2D eigenvalue weighted by Gasteiger charge is -2.21. The molecule has 9 aromatic rings. The summed E-state index contributed by atoms with van der Waals surface area (Å²) in [4.78, 5) is 0. The van der Waals surface area contributed by atoms with Gasteiger partial charge in [0.05, 0.1) is 0 Å². The van der Waals surface area contributed by atoms with Gasteiger partial charge in [-0.25, -0.2) is 0 Å². The molecule has 0 N–H and O–H groups in total. The summed E-state index contributed by atoms with van der Waals surface area (Å²) < 4.78 is 0. The van der Waals surface area contributed by atoms with Gasteiger partial charge in [0, 0.05) is 0 Å². The monoisotopic (exact) mass is 608 g/mol. The first kappa shape index (κ1) is 28.0. The van der Waals surface area contributed by atoms with Gasteiger partial charge >= 0.3 is 0 Å². The molecule has 0 nitrogen and oxygen atoms in total. The van der Waals surface area contributed by atoms with Crippen molar-refractivity contribution in [3.8, 4) is 55.6 Å². The molecule has 0 saturated heterocycles. The number of fused-ring (bicyclic) bond motifs is 4. The second-order valence-corrected chi connectivity index (χ2v) is 12.5. The molecule has 9 aromatic carbocycles. The first-order valence-corrected chi connectivity index (χ1v) is 16.6. The number of benzene rings is 9. The molecule has 0 saturated carbocycles. The van der Waals surface area contributed by atoms with Gasteiger partial charge < -0.3 is 0 Å². The van der Waals surface area contributed by atoms with Crippen molar-refractivity contribution in [2.75, 3.05) is 0 Å². The highest BCUT2D eigenvalue weighted by atomic mass is 14.2. The van der Waals surface area contributed by atoms with Gasteiger partial charge in [0.2, 0.25) is 0 Å². The van der Waals surface area contributed by atoms with E-state index in [-0.39, 0.29) is 0 Å². The topological polar surface area (TPSA) is 0 Å². The molecule has 0 radical (unpaired) electrons. The molecule has 224 valence electrons. The average molecular weight is 609 g/mol. The lowest BCUT2D eigenvalue weighted by Crippen LogP contribution is -1.94. The maximum atomic E-state index is 2.44. The molecule has 0 aliphatic rings. The van der Waals surface area contributed by atoms with Crippen molar-refractivity contribution >= 4 is 32.3 Å². The van der Waals surface area contributed by atoms with Crippen LogP contribution in [0.4, 0.5) is 0 Å². The maximum Gasteiger partial charge on any atom is -0.00201 e. The van der Waals surface area contributed by atoms with Crippen LogP contribution in [0.3, 0.4) is 0 Å². The molecule has 0 fully saturated rings. The van der Waals surface area contributed by atoms with Crippen LogP contribution < -0.4 is 0 Å². The third-order valence-corrected chi connectivity index (χ3v) is 9.63. The Hall–Kier alpha value is -6.24. The Bertz CT molecular complexity index is 2570. The van der Waals surface area contributed by atoms with Crippen LogP contribution in [0.2, 0.25) is 0 Å². The Morgan fingerprint density at radius 3 is 1.08 bits per heavy atom. The van der Waals surface area contributed by atoms with E-state index in [0.29, 0.717) is 0 Å². The number of hydrogen-bond acceptors (Lipinski definition) is 0. The van der Waals surface area contributed by atoms with Crippen LogP contribution in [-0.2, 0) is 0 Å². The largest absolute Gasteiger partial charge is 0.0622 e. The third kappa shape index (κ3) is 4.87. The summed E-state index contributed by atoms with van der Waals surface area (Å²) in [5.74, 6) is 0. The van der Waals surface area contributed by atoms with E-state index < -0.39 is 0 Å². The maximum absolute atomic E-state index is 2.44. The average Bonchev–Trinajstić information content (AvgIpc) is 3.17. The highest BCUT2D eigenvalue weighted by Gasteiger charge is 2.20. The lowest BCUT2D eigenvalue weighted by molar-refractivity contribution is 1.60. The minimum Gasteiger partial charge on any atom is -0.0622 e. The molecule has 0 heteroatoms. The quantitative estimate of drug-likeness (QED) is 0.171. The summed E-state index contributed by atoms with van der Waals surface area (Å²) >= 11 is 0. The van der Waals surface area contributed by atoms with Gasteiger partial charge in [-0.1, -0.05) is 170 Å². The van der Waals surface area contributed by atoms with E-state index in [1.165, 1.54) is 88.0 Å². The van der Waals surface area contributed by atoms with Gasteiger partial charge in [0.1, 0.15) is 0 Å². The minimum absolute atomic E-state index is 1.21. The zero-order valence-electron chi connectivity index (χ0n) is 26.5. The van der Waals surface area contributed by atoms with Crippen LogP contribution in [0.25, 0.3) is 88.0 Å². The van der Waals surface area contributed by atoms with Crippen molar-refractivity contribution in [1.82, 2.24) is 0 Å². The Balaban J connectivity index is 1.41. The molecular weight excluding hydrogens is 577 g/mol. The predicted octanol–water partition coefficient (Wildman–Crippen LogP) is 13.5. The summed E-state index contributed by atoms with van der Waals surface area (Å²) in [6.07, 6.45) is 0. The van der Waals surface area contributed by atoms with Crippen molar-refractivity contribution in [3.63, 3.8) is 0 Å². The van der Waals surface area contributed by atoms with Crippen molar-refractivity contribution in [2.24, 2.45) is 0 Å². The molecule has 0 atom stereocenters. The summed E-state index contributed by atoms with van der Waals surface area (Å²) in [5, 5.41) is 7.53. The molecule has 48 heavy (non-hydrogen) atoms. The SMILES string of the molecule is c1ccc(-c2ccc3c(c2)c(-c2ccccc2)c(-c2ccccc2)c2cc(-c4cc5ccccc5cc4-c4ccccc4)ccc23)cc1. The second kappa shape index (κ2) is 11.8. The Morgan fingerprint density at radius 1 is 0.208 bits per heavy atom. The molecule has 0 amide bonds. The zero-order valence-corrected chi connectivity index (χ0v) is 26.5. The third-order valence-electron chi connectivity index (χ3n) is 9.63. The van der Waals surface area contributed by atoms with E-state index in [1.54, 1.807) is 0 Å². The van der Waals surface area contributed by atoms with E-state index in [0.717, 1.165) is 0 Å². The highest BCUT2D eigenvalue weighted by molar-refractivity contribution is 6.23. The fourth-order valence-corrected chi connectivity index (χ4v) is 7.36. The first-order chi connectivity index (χ1) is 23.8. The second-order valence-electron chi connectivity index (χ2n) is 12.5. The van der Waals surface area contributed by atoms with Crippen molar-refractivity contribution in [1.29, 1.82) is 0 Å². The van der Waals surface area contributed by atoms with Crippen LogP contribution in [0.1, 0.15) is 0 Å². The predicted molar refractivity (Wildman–Crippen MR) is 206 cm³/mol. The standard InChI is InChI=1S/C48H32/c1-5-15-33(16-6-1)39-25-27-41-42-28-26-40(44-30-38-24-14-13-23-37(38)29-43(44)34-17-7-2-8-18-34)32-46(42)48(36-21-11-4-12-22-36)47(45(41)31-39)35-19-9-3-10-20-35/h1-32H. The molecule has 0 spiro atoms. The fraction of sp³-hybridized carbons (Fsp3) is 0. The molecule has 9 rings (SSSR count). The Kier molecular flexibility index (Phi) is 6.91. The van der Waals surface area contributed by atoms with Crippen LogP contribution in [0, 0.1) is 0 Å². The Labute approximate surface area is 281 Å². The summed E-state index contributed by atoms with van der Waals surface area (Å²) in [5.41, 5.74) is 12.3. The zero-order chi connectivity index (χ0) is 31.9. The smallest absolute Gasteiger partial charge is 0.00201 e. The first-order valence-electron chi connectivity index (χ1n) is 16.6. The van der Waals surface area contributed by atoms with Crippen LogP contribution in [0.15, 0.2) is 194 Å². The lowest BCUT2D eigenvalue weighted by atomic mass is 9.82. The van der Waals surface area contributed by atoms with E-state index in [2.05, 4.69) is 194 Å². The van der Waals surface area contributed by atoms with E-state index >= 15 is 0 Å². The van der Waals surface area contributed by atoms with Gasteiger partial charge in [-0.2, -0.15) is 0 Å². The van der Waals surface area contributed by atoms with E-state index in [9.17, 15) is 0 Å². The van der Waals surface area contributed by atoms with Gasteiger partial charge in [0.25, 0.3) is 0 Å². The summed E-state index contributed by atoms with van der Waals surface area (Å²) in [6, 6.07) is 70.8. The molecular formula is C48H32. The van der Waals surface area contributed by atoms with Crippen molar-refractivity contribution < 1.29 is 0 Å². The normalized spacial score (nSPS) is 11.3. The molecule has 0 aromatic heterocycles. The number of rotatable bonds is 5. The van der Waals surface area contributed by atoms with Gasteiger partial charge in [-0.3, -0.25) is 0 Å². The van der Waals surface area contributed by atoms with Gasteiger partial charge in [0.15, 0.2) is 0 Å². The van der Waals surface area contributed by atoms with E-state index in [1.807, 2.05) is 0 Å². The molecule has 0 heterocycles. The van der Waals surface area contributed by atoms with Crippen LogP contribution >= 0.6 is 0 Å². The van der Waals surface area contributed by atoms with E-state index in [4.69, 9.17) is 0 Å². The molecule has 0 aliphatic heterocycles. The number of hydrogen-bond donors (Lipinski definition) is 0. The van der Waals surface area contributed by atoms with Crippen LogP contribution in [-0.4, -0.2) is 0 Å². The molecule has 0 aliphatic carbocycles. The highest BCUT2D eigenvalue weighted by Crippen LogP contribution is 2.47. The van der Waals surface area contributed by atoms with Crippen LogP contribution in [0.5, 0.6) is 0 Å². The van der Waals surface area contributed by atoms with Gasteiger partial charge in [-0.15, -0.1) is 0 Å². The van der Waals surface area contributed by atoms with Crippen molar-refractivity contribution in [3.05, 3.63) is 194 Å². The van der Waals surface area contributed by atoms with Gasteiger partial charge in [-0.05, 0) is 112 Å². The Morgan fingerprint density at radius 2 is 0.583 bits per heavy atom. The molecule has 0 unspecified atom stereocenters. The minimum atomic E-state index is 1.21. The van der Waals surface area contributed by atoms with Crippen molar-refractivity contribution in [2.45, 2.75) is 0 Å². The fourth-order valence-electron chi connectivity index (χ4n) is 7.36. The summed E-state index contributed by atoms with van der Waals surface area (Å²) in [7, 11) is 0.